The Hall–Kier alpha value is -1.87. The van der Waals surface area contributed by atoms with E-state index in [1.165, 1.54) is 0 Å². The van der Waals surface area contributed by atoms with Gasteiger partial charge in [-0.15, -0.1) is 32.3 Å². The highest BCUT2D eigenvalue weighted by Gasteiger charge is 1.81. The summed E-state index contributed by atoms with van der Waals surface area (Å²) in [4.78, 5) is 9.82. The summed E-state index contributed by atoms with van der Waals surface area (Å²) in [6.07, 6.45) is 17.6. The lowest BCUT2D eigenvalue weighted by Crippen LogP contribution is -2.28. The van der Waals surface area contributed by atoms with E-state index >= 15 is 0 Å². The third-order valence-corrected chi connectivity index (χ3v) is 0.421. The predicted molar refractivity (Wildman–Crippen MR) is 47.6 cm³/mol. The monoisotopic (exact) mass is 152 g/mol. The van der Waals surface area contributed by atoms with Gasteiger partial charge in [-0.3, -0.25) is 0 Å². The summed E-state index contributed by atoms with van der Waals surface area (Å²) in [7, 11) is 0. The van der Waals surface area contributed by atoms with Gasteiger partial charge in [0, 0.05) is 6.54 Å². The van der Waals surface area contributed by atoms with Crippen LogP contribution in [-0.4, -0.2) is 12.6 Å². The molecule has 0 radical (unpaired) electrons. The summed E-state index contributed by atoms with van der Waals surface area (Å²) in [5.74, 6) is 0. The van der Waals surface area contributed by atoms with E-state index in [-0.39, 0.29) is 0 Å². The molecule has 0 bridgehead atoms. The molecule has 0 heterocycles. The van der Waals surface area contributed by atoms with Gasteiger partial charge in [-0.25, -0.2) is 4.79 Å². The molecule has 0 unspecified atom stereocenters. The van der Waals surface area contributed by atoms with Crippen LogP contribution in [0, 0.1) is 25.7 Å². The molecule has 3 N–H and O–H groups in total. The maximum absolute atomic E-state index is 9.82. The molecule has 3 heteroatoms. The Bertz CT molecular complexity index is 130. The summed E-state index contributed by atoms with van der Waals surface area (Å²) in [6.45, 7) is 3.80. The molecular weight excluding hydrogens is 140 g/mol. The van der Waals surface area contributed by atoms with Crippen LogP contribution in [0.2, 0.25) is 0 Å². The van der Waals surface area contributed by atoms with Crippen molar-refractivity contribution < 1.29 is 4.79 Å². The highest BCUT2D eigenvalue weighted by Crippen LogP contribution is 1.56. The molecule has 0 aromatic rings. The lowest BCUT2D eigenvalue weighted by Gasteiger charge is -1.90. The number of hydrogen-bond acceptors (Lipinski definition) is 1. The number of amides is 2. The Kier molecular flexibility index (Phi) is 35.4. The fourth-order valence-electron chi connectivity index (χ4n) is 0.173. The topological polar surface area (TPSA) is 55.1 Å². The number of primary amides is 1. The van der Waals surface area contributed by atoms with Gasteiger partial charge in [-0.2, -0.15) is 0 Å². The third kappa shape index (κ3) is 67.3. The zero-order chi connectivity index (χ0) is 9.70. The van der Waals surface area contributed by atoms with Gasteiger partial charge >= 0.3 is 6.03 Å². The van der Waals surface area contributed by atoms with Crippen molar-refractivity contribution in [3.63, 3.8) is 0 Å². The smallest absolute Gasteiger partial charge is 0.312 e. The van der Waals surface area contributed by atoms with Gasteiger partial charge in [0.15, 0.2) is 0 Å². The van der Waals surface area contributed by atoms with Crippen LogP contribution < -0.4 is 11.1 Å². The quantitative estimate of drug-likeness (QED) is 0.435. The predicted octanol–water partition coefficient (Wildman–Crippen LogP) is 0.340. The number of carbonyl (C=O) groups is 1. The van der Waals surface area contributed by atoms with Gasteiger partial charge in [-0.1, -0.05) is 6.08 Å². The molecule has 0 aliphatic carbocycles. The summed E-state index contributed by atoms with van der Waals surface area (Å²) >= 11 is 0. The van der Waals surface area contributed by atoms with Crippen LogP contribution in [0.1, 0.15) is 0 Å². The molecule has 60 valence electrons. The van der Waals surface area contributed by atoms with Crippen LogP contribution in [0.15, 0.2) is 12.7 Å². The number of nitrogens with one attached hydrogen (secondary N) is 1. The Balaban J connectivity index is -0.000000138. The molecule has 0 atom stereocenters. The highest BCUT2D eigenvalue weighted by atomic mass is 16.2. The molecule has 0 rings (SSSR count). The van der Waals surface area contributed by atoms with Crippen LogP contribution in [0.4, 0.5) is 4.79 Å². The summed E-state index contributed by atoms with van der Waals surface area (Å²) < 4.78 is 0. The van der Waals surface area contributed by atoms with Crippen molar-refractivity contribution in [3.8, 4) is 25.7 Å². The molecule has 0 spiro atoms. The first kappa shape index (κ1) is 16.1. The van der Waals surface area contributed by atoms with Gasteiger partial charge in [0.05, 0.1) is 0 Å². The van der Waals surface area contributed by atoms with E-state index in [0.717, 1.165) is 0 Å². The van der Waals surface area contributed by atoms with E-state index in [1.54, 1.807) is 6.08 Å². The van der Waals surface area contributed by atoms with Crippen molar-refractivity contribution in [2.75, 3.05) is 6.54 Å². The number of terminal acetylenes is 2. The van der Waals surface area contributed by atoms with E-state index < -0.39 is 6.03 Å². The highest BCUT2D eigenvalue weighted by molar-refractivity contribution is 5.71. The van der Waals surface area contributed by atoms with E-state index in [4.69, 9.17) is 0 Å². The molecule has 0 aliphatic heterocycles. The first-order chi connectivity index (χ1) is 5.27. The minimum atomic E-state index is -0.514. The van der Waals surface area contributed by atoms with Crippen LogP contribution in [0.3, 0.4) is 0 Å². The summed E-state index contributed by atoms with van der Waals surface area (Å²) in [5, 5.41) is 2.32. The Morgan fingerprint density at radius 2 is 1.82 bits per heavy atom. The lowest BCUT2D eigenvalue weighted by atomic mass is 10.6. The molecule has 2 amide bonds. The lowest BCUT2D eigenvalue weighted by molar-refractivity contribution is 0.250. The van der Waals surface area contributed by atoms with Crippen molar-refractivity contribution >= 4 is 6.03 Å². The van der Waals surface area contributed by atoms with Gasteiger partial charge in [-0.05, 0) is 0 Å². The van der Waals surface area contributed by atoms with E-state index in [1.807, 2.05) is 0 Å². The van der Waals surface area contributed by atoms with Gasteiger partial charge in [0.25, 0.3) is 0 Å². The van der Waals surface area contributed by atoms with Gasteiger partial charge < -0.3 is 11.1 Å². The Morgan fingerprint density at radius 1 is 1.45 bits per heavy atom. The molecule has 0 aromatic heterocycles. The Labute approximate surface area is 67.7 Å². The second kappa shape index (κ2) is 24.2. The molecule has 0 fully saturated rings. The standard InChI is InChI=1S/C4H8N2O.2C2H2/c1-2-3-6-4(5)7;2*1-2/h2H,1,3H2,(H3,5,6,7);2*1-2H. The van der Waals surface area contributed by atoms with Crippen LogP contribution >= 0.6 is 0 Å². The largest absolute Gasteiger partial charge is 0.352 e. The second-order valence-corrected chi connectivity index (χ2v) is 1.03. The van der Waals surface area contributed by atoms with Crippen molar-refractivity contribution in [2.45, 2.75) is 0 Å². The van der Waals surface area contributed by atoms with Crippen LogP contribution in [0.5, 0.6) is 0 Å². The normalized spacial score (nSPS) is 5.09. The fourth-order valence-corrected chi connectivity index (χ4v) is 0.173. The third-order valence-electron chi connectivity index (χ3n) is 0.421. The van der Waals surface area contributed by atoms with Crippen molar-refractivity contribution in [1.82, 2.24) is 5.32 Å². The zero-order valence-corrected chi connectivity index (χ0v) is 6.29. The molecule has 0 aromatic carbocycles. The van der Waals surface area contributed by atoms with E-state index in [2.05, 4.69) is 43.3 Å². The molecule has 0 saturated carbocycles. The maximum atomic E-state index is 9.82. The number of rotatable bonds is 2. The van der Waals surface area contributed by atoms with Crippen molar-refractivity contribution in [1.29, 1.82) is 0 Å². The summed E-state index contributed by atoms with van der Waals surface area (Å²) in [6, 6.07) is -0.514. The fraction of sp³-hybridized carbons (Fsp3) is 0.125. The SMILES string of the molecule is C#C.C#C.C=CCNC(N)=O. The number of nitrogens with two attached hydrogens (primary N) is 1. The Morgan fingerprint density at radius 3 is 1.91 bits per heavy atom. The second-order valence-electron chi connectivity index (χ2n) is 1.03. The molecular formula is C8H12N2O. The van der Waals surface area contributed by atoms with Gasteiger partial charge in [0.1, 0.15) is 0 Å². The first-order valence-corrected chi connectivity index (χ1v) is 2.58. The minimum Gasteiger partial charge on any atom is -0.352 e. The van der Waals surface area contributed by atoms with E-state index in [0.29, 0.717) is 6.54 Å². The first-order valence-electron chi connectivity index (χ1n) is 2.58. The van der Waals surface area contributed by atoms with Gasteiger partial charge in [0.2, 0.25) is 0 Å². The number of urea groups is 1. The molecule has 0 saturated heterocycles. The van der Waals surface area contributed by atoms with E-state index in [9.17, 15) is 4.79 Å². The minimum absolute atomic E-state index is 0.440. The molecule has 0 aliphatic rings. The van der Waals surface area contributed by atoms with Crippen molar-refractivity contribution in [3.05, 3.63) is 12.7 Å². The molecule has 11 heavy (non-hydrogen) atoms. The summed E-state index contributed by atoms with van der Waals surface area (Å²) in [5.41, 5.74) is 4.68. The van der Waals surface area contributed by atoms with Crippen LogP contribution in [0.25, 0.3) is 0 Å². The molecule has 3 nitrogen and oxygen atoms in total. The van der Waals surface area contributed by atoms with Crippen LogP contribution in [-0.2, 0) is 0 Å². The average Bonchev–Trinajstić information content (AvgIpc) is 2.08. The van der Waals surface area contributed by atoms with Crippen molar-refractivity contribution in [2.24, 2.45) is 5.73 Å². The maximum Gasteiger partial charge on any atom is 0.312 e. The number of hydrogen-bond donors (Lipinski definition) is 2. The number of carbonyl (C=O) groups excluding carboxylic acids is 1. The zero-order valence-electron chi connectivity index (χ0n) is 6.29. The average molecular weight is 152 g/mol.